The van der Waals surface area contributed by atoms with Gasteiger partial charge in [-0.05, 0) is 55.6 Å². The normalized spacial score (nSPS) is 12.4. The monoisotopic (exact) mass is 407 g/mol. The van der Waals surface area contributed by atoms with Crippen LogP contribution < -0.4 is 5.56 Å². The van der Waals surface area contributed by atoms with Crippen LogP contribution in [0.25, 0.3) is 16.7 Å². The van der Waals surface area contributed by atoms with E-state index in [-0.39, 0.29) is 11.6 Å². The molecule has 0 aliphatic carbocycles. The molecule has 2 aromatic heterocycles. The number of thioether (sulfide) groups is 1. The summed E-state index contributed by atoms with van der Waals surface area (Å²) < 4.78 is 1.64. The van der Waals surface area contributed by atoms with Crippen molar-refractivity contribution in [3.63, 3.8) is 0 Å². The summed E-state index contributed by atoms with van der Waals surface area (Å²) in [7, 11) is 2.05. The second-order valence-electron chi connectivity index (χ2n) is 7.22. The third-order valence-corrected chi connectivity index (χ3v) is 5.94. The molecule has 2 heterocycles. The standard InChI is InChI=1S/C22H25N5OS/c1-15(2)29-13-12-26(4)16(3)21-25-20-19(6-5-11-24-20)22(28)27(21)18-9-7-17(14-23)8-10-18/h5-11,15-16H,12-13H2,1-4H3. The number of aromatic nitrogens is 3. The predicted octanol–water partition coefficient (Wildman–Crippen LogP) is 3.79. The molecule has 3 aromatic rings. The first-order valence-electron chi connectivity index (χ1n) is 9.62. The molecule has 150 valence electrons. The molecule has 0 radical (unpaired) electrons. The largest absolute Gasteiger partial charge is 0.296 e. The zero-order valence-corrected chi connectivity index (χ0v) is 18.0. The molecule has 0 N–H and O–H groups in total. The van der Waals surface area contributed by atoms with Crippen molar-refractivity contribution in [1.82, 2.24) is 19.4 Å². The number of nitriles is 1. The van der Waals surface area contributed by atoms with E-state index in [1.165, 1.54) is 0 Å². The zero-order valence-electron chi connectivity index (χ0n) is 17.2. The number of benzene rings is 1. The van der Waals surface area contributed by atoms with Crippen molar-refractivity contribution in [2.75, 3.05) is 19.3 Å². The van der Waals surface area contributed by atoms with Gasteiger partial charge < -0.3 is 0 Å². The summed E-state index contributed by atoms with van der Waals surface area (Å²) in [6, 6.07) is 12.5. The van der Waals surface area contributed by atoms with Gasteiger partial charge in [-0.2, -0.15) is 17.0 Å². The minimum Gasteiger partial charge on any atom is -0.296 e. The topological polar surface area (TPSA) is 74.8 Å². The van der Waals surface area contributed by atoms with E-state index >= 15 is 0 Å². The Kier molecular flexibility index (Phi) is 6.68. The van der Waals surface area contributed by atoms with Crippen molar-refractivity contribution in [2.24, 2.45) is 0 Å². The lowest BCUT2D eigenvalue weighted by atomic mass is 10.2. The van der Waals surface area contributed by atoms with Gasteiger partial charge in [-0.3, -0.25) is 14.3 Å². The maximum atomic E-state index is 13.3. The molecule has 29 heavy (non-hydrogen) atoms. The van der Waals surface area contributed by atoms with Crippen LogP contribution in [0, 0.1) is 11.3 Å². The van der Waals surface area contributed by atoms with E-state index in [1.54, 1.807) is 47.2 Å². The molecule has 0 saturated heterocycles. The summed E-state index contributed by atoms with van der Waals surface area (Å²) in [5.74, 6) is 1.65. The number of fused-ring (bicyclic) bond motifs is 1. The van der Waals surface area contributed by atoms with E-state index in [1.807, 2.05) is 18.8 Å². The molecule has 0 spiro atoms. The number of nitrogens with zero attached hydrogens (tertiary/aromatic N) is 5. The Morgan fingerprint density at radius 3 is 2.59 bits per heavy atom. The Bertz CT molecular complexity index is 1090. The summed E-state index contributed by atoms with van der Waals surface area (Å²) in [5.41, 5.74) is 1.54. The van der Waals surface area contributed by atoms with Gasteiger partial charge in [0.25, 0.3) is 5.56 Å². The lowest BCUT2D eigenvalue weighted by Crippen LogP contribution is -2.32. The van der Waals surface area contributed by atoms with Crippen molar-refractivity contribution in [1.29, 1.82) is 5.26 Å². The van der Waals surface area contributed by atoms with E-state index in [0.29, 0.717) is 33.4 Å². The lowest BCUT2D eigenvalue weighted by molar-refractivity contribution is 0.264. The van der Waals surface area contributed by atoms with Gasteiger partial charge in [0.05, 0.1) is 28.7 Å². The highest BCUT2D eigenvalue weighted by molar-refractivity contribution is 7.99. The summed E-state index contributed by atoms with van der Waals surface area (Å²) in [6.45, 7) is 7.31. The summed E-state index contributed by atoms with van der Waals surface area (Å²) in [6.07, 6.45) is 1.65. The highest BCUT2D eigenvalue weighted by atomic mass is 32.2. The van der Waals surface area contributed by atoms with Gasteiger partial charge in [0.15, 0.2) is 5.65 Å². The van der Waals surface area contributed by atoms with Gasteiger partial charge in [-0.15, -0.1) is 0 Å². The second-order valence-corrected chi connectivity index (χ2v) is 8.90. The van der Waals surface area contributed by atoms with Crippen molar-refractivity contribution < 1.29 is 0 Å². The van der Waals surface area contributed by atoms with Crippen LogP contribution in [0.4, 0.5) is 0 Å². The van der Waals surface area contributed by atoms with Crippen molar-refractivity contribution in [3.8, 4) is 11.8 Å². The quantitative estimate of drug-likeness (QED) is 0.593. The van der Waals surface area contributed by atoms with Crippen molar-refractivity contribution >= 4 is 22.8 Å². The van der Waals surface area contributed by atoms with Gasteiger partial charge in [0.1, 0.15) is 5.82 Å². The maximum absolute atomic E-state index is 13.3. The van der Waals surface area contributed by atoms with Gasteiger partial charge >= 0.3 is 0 Å². The first-order chi connectivity index (χ1) is 13.9. The third kappa shape index (κ3) is 4.66. The van der Waals surface area contributed by atoms with E-state index in [4.69, 9.17) is 10.2 Å². The molecule has 0 aliphatic heterocycles. The van der Waals surface area contributed by atoms with E-state index in [0.717, 1.165) is 12.3 Å². The van der Waals surface area contributed by atoms with Gasteiger partial charge in [-0.1, -0.05) is 13.8 Å². The Hall–Kier alpha value is -2.69. The minimum absolute atomic E-state index is 0.0856. The molecule has 1 atom stereocenters. The predicted molar refractivity (Wildman–Crippen MR) is 118 cm³/mol. The molecule has 0 fully saturated rings. The van der Waals surface area contributed by atoms with Crippen LogP contribution in [0.15, 0.2) is 47.4 Å². The highest BCUT2D eigenvalue weighted by Gasteiger charge is 2.21. The van der Waals surface area contributed by atoms with E-state index in [9.17, 15) is 4.79 Å². The fourth-order valence-corrected chi connectivity index (χ4v) is 3.94. The molecule has 1 unspecified atom stereocenters. The summed E-state index contributed by atoms with van der Waals surface area (Å²) >= 11 is 1.91. The van der Waals surface area contributed by atoms with Crippen molar-refractivity contribution in [2.45, 2.75) is 32.1 Å². The smallest absolute Gasteiger partial charge is 0.267 e. The minimum atomic E-state index is -0.153. The Labute approximate surface area is 175 Å². The maximum Gasteiger partial charge on any atom is 0.267 e. The molecular weight excluding hydrogens is 382 g/mol. The van der Waals surface area contributed by atoms with Crippen LogP contribution in [-0.4, -0.2) is 44.0 Å². The number of hydrogen-bond acceptors (Lipinski definition) is 6. The SMILES string of the molecule is CC(C)SCCN(C)C(C)c1nc2ncccc2c(=O)n1-c1ccc(C#N)cc1. The highest BCUT2D eigenvalue weighted by Crippen LogP contribution is 2.22. The van der Waals surface area contributed by atoms with Gasteiger partial charge in [0, 0.05) is 18.5 Å². The first kappa shape index (κ1) is 21.0. The van der Waals surface area contributed by atoms with Crippen molar-refractivity contribution in [3.05, 3.63) is 64.3 Å². The Morgan fingerprint density at radius 1 is 1.21 bits per heavy atom. The molecule has 0 amide bonds. The van der Waals surface area contributed by atoms with Crippen LogP contribution in [0.5, 0.6) is 0 Å². The molecule has 6 nitrogen and oxygen atoms in total. The first-order valence-corrected chi connectivity index (χ1v) is 10.7. The second kappa shape index (κ2) is 9.21. The van der Waals surface area contributed by atoms with Gasteiger partial charge in [-0.25, -0.2) is 9.97 Å². The van der Waals surface area contributed by atoms with Crippen LogP contribution in [-0.2, 0) is 0 Å². The third-order valence-electron chi connectivity index (χ3n) is 4.85. The molecule has 7 heteroatoms. The Morgan fingerprint density at radius 2 is 1.93 bits per heavy atom. The van der Waals surface area contributed by atoms with Crippen LogP contribution >= 0.6 is 11.8 Å². The molecule has 0 bridgehead atoms. The van der Waals surface area contributed by atoms with Crippen LogP contribution in [0.3, 0.4) is 0 Å². The summed E-state index contributed by atoms with van der Waals surface area (Å²) in [4.78, 5) is 24.6. The average Bonchev–Trinajstić information content (AvgIpc) is 2.73. The Balaban J connectivity index is 2.09. The van der Waals surface area contributed by atoms with E-state index in [2.05, 4.69) is 36.7 Å². The van der Waals surface area contributed by atoms with Crippen LogP contribution in [0.1, 0.15) is 38.2 Å². The average molecular weight is 408 g/mol. The molecule has 3 rings (SSSR count). The molecule has 0 aliphatic rings. The van der Waals surface area contributed by atoms with Crippen LogP contribution in [0.2, 0.25) is 0 Å². The fraction of sp³-hybridized carbons (Fsp3) is 0.364. The molecular formula is C22H25N5OS. The lowest BCUT2D eigenvalue weighted by Gasteiger charge is -2.26. The number of rotatable bonds is 7. The van der Waals surface area contributed by atoms with Gasteiger partial charge in [0.2, 0.25) is 0 Å². The fourth-order valence-electron chi connectivity index (χ4n) is 3.07. The summed E-state index contributed by atoms with van der Waals surface area (Å²) in [5, 5.41) is 10.1. The molecule has 0 saturated carbocycles. The number of hydrogen-bond donors (Lipinski definition) is 0. The molecule has 1 aromatic carbocycles. The zero-order chi connectivity index (χ0) is 21.0. The van der Waals surface area contributed by atoms with E-state index < -0.39 is 0 Å². The number of pyridine rings is 1.